The van der Waals surface area contributed by atoms with Gasteiger partial charge in [-0.2, -0.15) is 8.42 Å². The molecule has 2 unspecified atom stereocenters. The molecule has 6 nitrogen and oxygen atoms in total. The normalized spacial score (nSPS) is 17.4. The predicted molar refractivity (Wildman–Crippen MR) is 154 cm³/mol. The fourth-order valence-corrected chi connectivity index (χ4v) is 8.55. The number of nitrogens with zero attached hydrogens (tertiary/aromatic N) is 1. The summed E-state index contributed by atoms with van der Waals surface area (Å²) in [6.45, 7) is 2.01. The minimum absolute atomic E-state index is 0.0859. The minimum atomic E-state index is -2.39. The SMILES string of the molecule is CCCCCCCCCCCCCCCCCCc1cccc(C2N(CC(N)=O)C(=O)CS2=S(=O)=O)c1. The monoisotopic (exact) mass is 552 g/mol. The highest BCUT2D eigenvalue weighted by Crippen LogP contribution is 2.32. The number of carbonyl (C=O) groups is 2. The van der Waals surface area contributed by atoms with E-state index in [9.17, 15) is 18.0 Å². The molecule has 0 aromatic heterocycles. The molecule has 2 N–H and O–H groups in total. The van der Waals surface area contributed by atoms with Gasteiger partial charge in [-0.1, -0.05) is 128 Å². The lowest BCUT2D eigenvalue weighted by molar-refractivity contribution is -0.132. The van der Waals surface area contributed by atoms with E-state index < -0.39 is 30.0 Å². The molecule has 2 amide bonds. The molecule has 0 aliphatic carbocycles. The largest absolute Gasteiger partial charge is 0.368 e. The summed E-state index contributed by atoms with van der Waals surface area (Å²) in [5.74, 6) is -1.05. The zero-order chi connectivity index (χ0) is 26.9. The molecule has 0 radical (unpaired) electrons. The summed E-state index contributed by atoms with van der Waals surface area (Å²) >= 11 is 0. The zero-order valence-electron chi connectivity index (χ0n) is 22.8. The Balaban J connectivity index is 1.63. The molecule has 1 aromatic rings. The number of carbonyl (C=O) groups excluding carboxylic acids is 2. The van der Waals surface area contributed by atoms with Crippen LogP contribution in [0, 0.1) is 0 Å². The summed E-state index contributed by atoms with van der Waals surface area (Å²) in [7, 11) is -3.57. The van der Waals surface area contributed by atoms with Crippen LogP contribution in [-0.2, 0) is 34.7 Å². The van der Waals surface area contributed by atoms with Gasteiger partial charge in [-0.3, -0.25) is 9.59 Å². The molecule has 1 aliphatic heterocycles. The number of aryl methyl sites for hydroxylation is 1. The maximum absolute atomic E-state index is 12.4. The lowest BCUT2D eigenvalue weighted by atomic mass is 10.0. The van der Waals surface area contributed by atoms with Gasteiger partial charge in [-0.15, -0.1) is 0 Å². The smallest absolute Gasteiger partial charge is 0.243 e. The van der Waals surface area contributed by atoms with Crippen LogP contribution >= 0.6 is 0 Å². The van der Waals surface area contributed by atoms with Crippen LogP contribution in [0.2, 0.25) is 0 Å². The van der Waals surface area contributed by atoms with Crippen LogP contribution in [0.4, 0.5) is 0 Å². The Morgan fingerprint density at radius 2 is 1.41 bits per heavy atom. The van der Waals surface area contributed by atoms with Crippen molar-refractivity contribution in [3.8, 4) is 0 Å². The molecule has 2 rings (SSSR count). The van der Waals surface area contributed by atoms with Gasteiger partial charge in [0, 0.05) is 0 Å². The number of nitrogens with two attached hydrogens (primary N) is 1. The van der Waals surface area contributed by atoms with E-state index in [-0.39, 0.29) is 18.2 Å². The molecular formula is C29H48N2O4S2. The average Bonchev–Trinajstić information content (AvgIpc) is 3.19. The fraction of sp³-hybridized carbons (Fsp3) is 0.724. The van der Waals surface area contributed by atoms with Crippen molar-refractivity contribution in [1.29, 1.82) is 0 Å². The lowest BCUT2D eigenvalue weighted by Crippen LogP contribution is -2.37. The first-order valence-electron chi connectivity index (χ1n) is 14.4. The summed E-state index contributed by atoms with van der Waals surface area (Å²) in [5, 5.41) is -0.635. The first-order valence-corrected chi connectivity index (χ1v) is 17.4. The molecular weight excluding hydrogens is 504 g/mol. The van der Waals surface area contributed by atoms with Crippen LogP contribution in [0.25, 0.3) is 0 Å². The van der Waals surface area contributed by atoms with Crippen molar-refractivity contribution in [1.82, 2.24) is 4.90 Å². The van der Waals surface area contributed by atoms with Gasteiger partial charge in [0.1, 0.15) is 11.9 Å². The topological polar surface area (TPSA) is 97.5 Å². The molecule has 0 bridgehead atoms. The molecule has 1 fully saturated rings. The van der Waals surface area contributed by atoms with Crippen molar-refractivity contribution < 1.29 is 18.0 Å². The third-order valence-electron chi connectivity index (χ3n) is 7.17. The Morgan fingerprint density at radius 3 is 1.89 bits per heavy atom. The average molecular weight is 553 g/mol. The number of benzene rings is 1. The highest BCUT2D eigenvalue weighted by molar-refractivity contribution is 8.34. The summed E-state index contributed by atoms with van der Waals surface area (Å²) < 4.78 is 23.6. The Hall–Kier alpha value is -1.67. The van der Waals surface area contributed by atoms with Gasteiger partial charge in [-0.25, -0.2) is 0 Å². The third kappa shape index (κ3) is 12.2. The summed E-state index contributed by atoms with van der Waals surface area (Å²) in [5.41, 5.74) is 7.23. The van der Waals surface area contributed by atoms with Crippen molar-refractivity contribution in [2.45, 2.75) is 121 Å². The van der Waals surface area contributed by atoms with Crippen LogP contribution in [0.5, 0.6) is 0 Å². The van der Waals surface area contributed by atoms with E-state index in [1.807, 2.05) is 18.2 Å². The Bertz CT molecular complexity index is 970. The summed E-state index contributed by atoms with van der Waals surface area (Å²) in [4.78, 5) is 25.2. The van der Waals surface area contributed by atoms with Crippen LogP contribution in [-0.4, -0.2) is 37.4 Å². The van der Waals surface area contributed by atoms with Crippen molar-refractivity contribution >= 4 is 30.5 Å². The molecule has 1 aromatic carbocycles. The number of hydrogen-bond acceptors (Lipinski definition) is 4. The number of hydrogen-bond donors (Lipinski definition) is 1. The highest BCUT2D eigenvalue weighted by Gasteiger charge is 2.38. The number of unbranched alkanes of at least 4 members (excludes halogenated alkanes) is 15. The first kappa shape index (κ1) is 31.5. The summed E-state index contributed by atoms with van der Waals surface area (Å²) in [6, 6.07) is 7.81. The molecule has 0 saturated carbocycles. The van der Waals surface area contributed by atoms with Crippen molar-refractivity contribution in [3.63, 3.8) is 0 Å². The predicted octanol–water partition coefficient (Wildman–Crippen LogP) is 6.23. The molecule has 1 aliphatic rings. The molecule has 8 heteroatoms. The Labute approximate surface area is 227 Å². The van der Waals surface area contributed by atoms with Crippen LogP contribution in [0.15, 0.2) is 24.3 Å². The van der Waals surface area contributed by atoms with Gasteiger partial charge in [0.15, 0.2) is 0 Å². The molecule has 1 heterocycles. The number of rotatable bonds is 20. The molecule has 1 saturated heterocycles. The maximum Gasteiger partial charge on any atom is 0.243 e. The second-order valence-electron chi connectivity index (χ2n) is 10.4. The fourth-order valence-electron chi connectivity index (χ4n) is 5.13. The highest BCUT2D eigenvalue weighted by atomic mass is 32.9. The van der Waals surface area contributed by atoms with E-state index in [1.54, 1.807) is 0 Å². The number of amides is 2. The first-order chi connectivity index (χ1) is 17.9. The molecule has 37 heavy (non-hydrogen) atoms. The van der Waals surface area contributed by atoms with Gasteiger partial charge in [0.25, 0.3) is 0 Å². The standard InChI is InChI=1S/C29H48N2O4S2/c1-2-3-4-5-6-7-8-9-10-11-12-13-14-15-16-17-19-25-20-18-21-26(22-25)29-31(23-27(30)32)28(33)24-36(29)37(34)35/h18,20-22,29H,2-17,19,23-24H2,1H3,(H2,30,32). The van der Waals surface area contributed by atoms with Gasteiger partial charge in [0.2, 0.25) is 21.1 Å². The maximum atomic E-state index is 12.4. The Morgan fingerprint density at radius 1 is 0.892 bits per heavy atom. The van der Waals surface area contributed by atoms with Crippen LogP contribution < -0.4 is 5.73 Å². The summed E-state index contributed by atoms with van der Waals surface area (Å²) in [6.07, 6.45) is 22.4. The van der Waals surface area contributed by atoms with E-state index in [1.165, 1.54) is 101 Å². The van der Waals surface area contributed by atoms with Gasteiger partial charge in [-0.05, 0) is 33.4 Å². The molecule has 210 valence electrons. The van der Waals surface area contributed by atoms with Gasteiger partial charge >= 0.3 is 0 Å². The van der Waals surface area contributed by atoms with Crippen molar-refractivity contribution in [3.05, 3.63) is 35.4 Å². The van der Waals surface area contributed by atoms with E-state index in [2.05, 4.69) is 13.0 Å². The van der Waals surface area contributed by atoms with E-state index in [4.69, 9.17) is 5.73 Å². The molecule has 2 atom stereocenters. The van der Waals surface area contributed by atoms with Crippen molar-refractivity contribution in [2.75, 3.05) is 12.3 Å². The van der Waals surface area contributed by atoms with E-state index in [0.29, 0.717) is 0 Å². The molecule has 0 spiro atoms. The van der Waals surface area contributed by atoms with Crippen LogP contribution in [0.1, 0.15) is 126 Å². The quantitative estimate of drug-likeness (QED) is 0.194. The van der Waals surface area contributed by atoms with Crippen molar-refractivity contribution in [2.24, 2.45) is 5.73 Å². The lowest BCUT2D eigenvalue weighted by Gasteiger charge is -2.23. The van der Waals surface area contributed by atoms with E-state index in [0.717, 1.165) is 24.0 Å². The second kappa shape index (κ2) is 18.6. The second-order valence-corrected chi connectivity index (χ2v) is 14.4. The third-order valence-corrected chi connectivity index (χ3v) is 11.0. The van der Waals surface area contributed by atoms with Gasteiger partial charge < -0.3 is 10.6 Å². The van der Waals surface area contributed by atoms with E-state index >= 15 is 0 Å². The van der Waals surface area contributed by atoms with Crippen LogP contribution in [0.3, 0.4) is 0 Å². The zero-order valence-corrected chi connectivity index (χ0v) is 24.4. The van der Waals surface area contributed by atoms with Gasteiger partial charge in [0.05, 0.1) is 5.75 Å². The Kier molecular flexibility index (Phi) is 15.8. The minimum Gasteiger partial charge on any atom is -0.368 e. The number of primary amides is 1.